The van der Waals surface area contributed by atoms with Gasteiger partial charge in [-0.25, -0.2) is 13.2 Å². The topological polar surface area (TPSA) is 26.0 Å². The lowest BCUT2D eigenvalue weighted by atomic mass is 9.98. The highest BCUT2D eigenvalue weighted by Gasteiger charge is 2.18. The first kappa shape index (κ1) is 13.1. The van der Waals surface area contributed by atoms with Crippen molar-refractivity contribution in [3.05, 3.63) is 70.4 Å². The van der Waals surface area contributed by atoms with Crippen LogP contribution in [0.3, 0.4) is 0 Å². The number of halogens is 3. The number of fused-ring (bicyclic) bond motifs is 1. The molecule has 2 N–H and O–H groups in total. The van der Waals surface area contributed by atoms with Crippen molar-refractivity contribution in [3.8, 4) is 0 Å². The largest absolute Gasteiger partial charge is 0.320 e. The SMILES string of the molecule is NC(c1cc(F)c(F)c(F)c1)c1cccc2ccsc12. The van der Waals surface area contributed by atoms with Crippen LogP contribution in [-0.2, 0) is 0 Å². The van der Waals surface area contributed by atoms with E-state index in [1.165, 1.54) is 11.3 Å². The van der Waals surface area contributed by atoms with Crippen LogP contribution >= 0.6 is 11.3 Å². The van der Waals surface area contributed by atoms with Crippen molar-refractivity contribution in [2.24, 2.45) is 5.73 Å². The minimum Gasteiger partial charge on any atom is -0.320 e. The number of hydrogen-bond acceptors (Lipinski definition) is 2. The molecule has 0 aliphatic carbocycles. The van der Waals surface area contributed by atoms with Crippen LogP contribution in [0.5, 0.6) is 0 Å². The number of hydrogen-bond donors (Lipinski definition) is 1. The van der Waals surface area contributed by atoms with Crippen LogP contribution in [-0.4, -0.2) is 0 Å². The third-order valence-electron chi connectivity index (χ3n) is 3.21. The maximum atomic E-state index is 13.3. The van der Waals surface area contributed by atoms with E-state index in [2.05, 4.69) is 0 Å². The highest BCUT2D eigenvalue weighted by molar-refractivity contribution is 7.17. The van der Waals surface area contributed by atoms with Gasteiger partial charge < -0.3 is 5.73 Å². The van der Waals surface area contributed by atoms with E-state index in [1.54, 1.807) is 0 Å². The summed E-state index contributed by atoms with van der Waals surface area (Å²) in [4.78, 5) is 0. The van der Waals surface area contributed by atoms with Crippen LogP contribution in [0.4, 0.5) is 13.2 Å². The second kappa shape index (κ2) is 4.92. The molecule has 3 rings (SSSR count). The Balaban J connectivity index is 2.13. The lowest BCUT2D eigenvalue weighted by molar-refractivity contribution is 0.444. The van der Waals surface area contributed by atoms with Gasteiger partial charge in [-0.05, 0) is 40.1 Å². The number of benzene rings is 2. The zero-order chi connectivity index (χ0) is 14.3. The van der Waals surface area contributed by atoms with E-state index in [0.717, 1.165) is 27.8 Å². The lowest BCUT2D eigenvalue weighted by Gasteiger charge is -2.14. The molecule has 0 saturated carbocycles. The van der Waals surface area contributed by atoms with Crippen molar-refractivity contribution < 1.29 is 13.2 Å². The summed E-state index contributed by atoms with van der Waals surface area (Å²) in [6, 6.07) is 8.70. The summed E-state index contributed by atoms with van der Waals surface area (Å²) in [6.07, 6.45) is 0. The van der Waals surface area contributed by atoms with Crippen molar-refractivity contribution >= 4 is 21.4 Å². The first-order valence-corrected chi connectivity index (χ1v) is 6.82. The summed E-state index contributed by atoms with van der Waals surface area (Å²) in [5.41, 5.74) is 7.06. The van der Waals surface area contributed by atoms with Gasteiger partial charge in [0, 0.05) is 4.70 Å². The Bertz CT molecular complexity index is 759. The van der Waals surface area contributed by atoms with Gasteiger partial charge in [0.05, 0.1) is 6.04 Å². The fourth-order valence-corrected chi connectivity index (χ4v) is 3.15. The average Bonchev–Trinajstić information content (AvgIpc) is 2.91. The maximum absolute atomic E-state index is 13.3. The lowest BCUT2D eigenvalue weighted by Crippen LogP contribution is -2.13. The Morgan fingerprint density at radius 3 is 2.40 bits per heavy atom. The number of nitrogens with two attached hydrogens (primary N) is 1. The number of thiophene rings is 1. The Hall–Kier alpha value is -1.85. The zero-order valence-corrected chi connectivity index (χ0v) is 11.1. The van der Waals surface area contributed by atoms with Gasteiger partial charge in [-0.2, -0.15) is 0 Å². The van der Waals surface area contributed by atoms with E-state index >= 15 is 0 Å². The van der Waals surface area contributed by atoms with Gasteiger partial charge in [-0.1, -0.05) is 18.2 Å². The Labute approximate surface area is 117 Å². The van der Waals surface area contributed by atoms with Crippen LogP contribution in [0.15, 0.2) is 41.8 Å². The van der Waals surface area contributed by atoms with Crippen LogP contribution in [0.1, 0.15) is 17.2 Å². The molecular weight excluding hydrogens is 283 g/mol. The van der Waals surface area contributed by atoms with Gasteiger partial charge >= 0.3 is 0 Å². The van der Waals surface area contributed by atoms with Crippen molar-refractivity contribution in [1.29, 1.82) is 0 Å². The van der Waals surface area contributed by atoms with Crippen molar-refractivity contribution in [3.63, 3.8) is 0 Å². The Morgan fingerprint density at radius 2 is 1.70 bits per heavy atom. The van der Waals surface area contributed by atoms with Gasteiger partial charge in [0.2, 0.25) is 0 Å². The highest BCUT2D eigenvalue weighted by Crippen LogP contribution is 2.31. The first-order chi connectivity index (χ1) is 9.58. The molecule has 20 heavy (non-hydrogen) atoms. The quantitative estimate of drug-likeness (QED) is 0.698. The molecule has 0 radical (unpaired) electrons. The Kier molecular flexibility index (Phi) is 3.23. The van der Waals surface area contributed by atoms with E-state index in [9.17, 15) is 13.2 Å². The van der Waals surface area contributed by atoms with Gasteiger partial charge in [-0.3, -0.25) is 0 Å². The van der Waals surface area contributed by atoms with Crippen LogP contribution in [0.2, 0.25) is 0 Å². The molecule has 5 heteroatoms. The van der Waals surface area contributed by atoms with Gasteiger partial charge in [-0.15, -0.1) is 11.3 Å². The molecule has 0 saturated heterocycles. The maximum Gasteiger partial charge on any atom is 0.194 e. The minimum atomic E-state index is -1.48. The third-order valence-corrected chi connectivity index (χ3v) is 4.19. The fraction of sp³-hybridized carbons (Fsp3) is 0.0667. The molecule has 1 nitrogen and oxygen atoms in total. The molecule has 1 unspecified atom stereocenters. The summed E-state index contributed by atoms with van der Waals surface area (Å²) in [5, 5.41) is 2.94. The smallest absolute Gasteiger partial charge is 0.194 e. The third kappa shape index (κ3) is 2.09. The summed E-state index contributed by atoms with van der Waals surface area (Å²) in [6.45, 7) is 0. The molecule has 0 bridgehead atoms. The highest BCUT2D eigenvalue weighted by atomic mass is 32.1. The molecule has 102 valence electrons. The molecule has 1 atom stereocenters. The van der Waals surface area contributed by atoms with Gasteiger partial charge in [0.25, 0.3) is 0 Å². The summed E-state index contributed by atoms with van der Waals surface area (Å²) < 4.78 is 40.6. The predicted octanol–water partition coefficient (Wildman–Crippen LogP) is 4.37. The van der Waals surface area contributed by atoms with E-state index in [4.69, 9.17) is 5.73 Å². The van der Waals surface area contributed by atoms with Crippen molar-refractivity contribution in [2.45, 2.75) is 6.04 Å². The van der Waals surface area contributed by atoms with E-state index in [1.807, 2.05) is 29.6 Å². The molecule has 3 aromatic rings. The molecule has 0 fully saturated rings. The monoisotopic (exact) mass is 293 g/mol. The average molecular weight is 293 g/mol. The molecule has 2 aromatic carbocycles. The van der Waals surface area contributed by atoms with Crippen LogP contribution in [0, 0.1) is 17.5 Å². The zero-order valence-electron chi connectivity index (χ0n) is 10.2. The molecular formula is C15H10F3NS. The van der Waals surface area contributed by atoms with Crippen molar-refractivity contribution in [1.82, 2.24) is 0 Å². The van der Waals surface area contributed by atoms with Crippen molar-refractivity contribution in [2.75, 3.05) is 0 Å². The predicted molar refractivity (Wildman–Crippen MR) is 74.2 cm³/mol. The standard InChI is InChI=1S/C15H10F3NS/c16-11-6-9(7-12(17)13(11)18)14(19)10-3-1-2-8-4-5-20-15(8)10/h1-7,14H,19H2. The number of rotatable bonds is 2. The molecule has 0 aliphatic heterocycles. The summed E-state index contributed by atoms with van der Waals surface area (Å²) in [5.74, 6) is -3.93. The van der Waals surface area contributed by atoms with Crippen LogP contribution in [0.25, 0.3) is 10.1 Å². The molecule has 0 amide bonds. The second-order valence-electron chi connectivity index (χ2n) is 4.46. The molecule has 0 aliphatic rings. The summed E-state index contributed by atoms with van der Waals surface area (Å²) >= 11 is 1.51. The van der Waals surface area contributed by atoms with E-state index < -0.39 is 23.5 Å². The van der Waals surface area contributed by atoms with Gasteiger partial charge in [0.1, 0.15) is 0 Å². The fourth-order valence-electron chi connectivity index (χ4n) is 2.20. The normalized spacial score (nSPS) is 12.8. The molecule has 1 aromatic heterocycles. The Morgan fingerprint density at radius 1 is 1.00 bits per heavy atom. The van der Waals surface area contributed by atoms with E-state index in [-0.39, 0.29) is 5.56 Å². The molecule has 0 spiro atoms. The summed E-state index contributed by atoms with van der Waals surface area (Å²) in [7, 11) is 0. The minimum absolute atomic E-state index is 0.210. The second-order valence-corrected chi connectivity index (χ2v) is 5.38. The van der Waals surface area contributed by atoms with Gasteiger partial charge in [0.15, 0.2) is 17.5 Å². The molecule has 1 heterocycles. The van der Waals surface area contributed by atoms with Crippen LogP contribution < -0.4 is 5.73 Å². The van der Waals surface area contributed by atoms with E-state index in [0.29, 0.717) is 0 Å². The first-order valence-electron chi connectivity index (χ1n) is 5.94.